The number of hydrogen-bond acceptors (Lipinski definition) is 8. The average Bonchev–Trinajstić information content (AvgIpc) is 3.64. The molecule has 312 valence electrons. The number of carboxylic acids is 1. The number of hydrogen-bond donors (Lipinski definition) is 3. The monoisotopic (exact) mass is 830 g/mol. The highest BCUT2D eigenvalue weighted by atomic mass is 19.1. The van der Waals surface area contributed by atoms with E-state index in [0.29, 0.717) is 79.3 Å². The summed E-state index contributed by atoms with van der Waals surface area (Å²) in [5.41, 5.74) is 7.92. The summed E-state index contributed by atoms with van der Waals surface area (Å²) in [4.78, 5) is 46.5. The van der Waals surface area contributed by atoms with Crippen molar-refractivity contribution in [2.45, 2.75) is 32.4 Å². The molecule has 3 N–H and O–H groups in total. The number of aromatic carboxylic acids is 1. The van der Waals surface area contributed by atoms with E-state index >= 15 is 0 Å². The first-order chi connectivity index (χ1) is 30.2. The average molecular weight is 831 g/mol. The molecule has 2 aromatic heterocycles. The zero-order chi connectivity index (χ0) is 43.4. The Balaban J connectivity index is 0.927. The van der Waals surface area contributed by atoms with Crippen LogP contribution in [-0.2, 0) is 37.2 Å². The number of imidazole rings is 1. The first-order valence-corrected chi connectivity index (χ1v) is 20.0. The van der Waals surface area contributed by atoms with E-state index in [2.05, 4.69) is 20.2 Å². The molecule has 0 unspecified atom stereocenters. The number of nitrogens with one attached hydrogen (secondary N) is 2. The number of rotatable bonds is 18. The van der Waals surface area contributed by atoms with Crippen LogP contribution in [0.15, 0.2) is 127 Å². The number of methoxy groups -OCH3 is 1. The molecule has 0 atom stereocenters. The smallest absolute Gasteiger partial charge is 0.335 e. The number of nitrogens with zero attached hydrogens (tertiary/aromatic N) is 4. The van der Waals surface area contributed by atoms with E-state index in [1.54, 1.807) is 67.8 Å². The summed E-state index contributed by atoms with van der Waals surface area (Å²) in [7, 11) is 1.65. The quantitative estimate of drug-likeness (QED) is 0.0790. The molecular formula is C49H43FN6O6. The summed E-state index contributed by atoms with van der Waals surface area (Å²) < 4.78 is 27.7. The predicted molar refractivity (Wildman–Crippen MR) is 231 cm³/mol. The number of nitriles is 1. The second-order valence-corrected chi connectivity index (χ2v) is 14.5. The van der Waals surface area contributed by atoms with Gasteiger partial charge in [-0.2, -0.15) is 5.26 Å². The van der Waals surface area contributed by atoms with Crippen LogP contribution in [-0.4, -0.2) is 64.2 Å². The SMILES string of the molecule is COCCn1c(Cc2ccc(-c3cccc(OCc4ccc(C#N)cc4F)n3)cc2)nc2cc(C(=O)NCCc3ccc(C(=O)NCCc4ccc(C(=O)O)cc4)cc3)ccc21. The van der Waals surface area contributed by atoms with E-state index in [-0.39, 0.29) is 29.5 Å². The van der Waals surface area contributed by atoms with Crippen molar-refractivity contribution in [2.24, 2.45) is 0 Å². The molecule has 0 spiro atoms. The van der Waals surface area contributed by atoms with Crippen molar-refractivity contribution in [3.63, 3.8) is 0 Å². The summed E-state index contributed by atoms with van der Waals surface area (Å²) in [5, 5.41) is 23.9. The van der Waals surface area contributed by atoms with Crippen molar-refractivity contribution >= 4 is 28.8 Å². The molecule has 0 aliphatic carbocycles. The summed E-state index contributed by atoms with van der Waals surface area (Å²) >= 11 is 0. The zero-order valence-corrected chi connectivity index (χ0v) is 33.9. The number of ether oxygens (including phenoxy) is 2. The maximum atomic E-state index is 14.4. The van der Waals surface area contributed by atoms with E-state index in [0.717, 1.165) is 33.6 Å². The van der Waals surface area contributed by atoms with E-state index in [1.165, 1.54) is 12.1 Å². The second kappa shape index (κ2) is 20.0. The molecule has 7 aromatic rings. The Labute approximate surface area is 357 Å². The number of carboxylic acid groups (broad SMARTS) is 1. The molecule has 0 bridgehead atoms. The van der Waals surface area contributed by atoms with Crippen LogP contribution in [0.4, 0.5) is 4.39 Å². The number of benzene rings is 5. The standard InChI is InChI=1S/C49H43FN6O6/c1-61-26-25-56-44-20-19-39(48(58)53-24-22-32-5-14-37(15-6-32)47(57)52-23-21-33-7-16-38(17-8-33)49(59)60)29-43(44)54-45(56)28-34-9-12-36(13-10-34)42-3-2-4-46(55-42)62-31-40-18-11-35(30-51)27-41(40)50/h2-20,27,29H,21-26,28,31H2,1H3,(H,52,57)(H,53,58)(H,59,60). The molecule has 0 saturated heterocycles. The molecule has 0 saturated carbocycles. The molecule has 7 rings (SSSR count). The van der Waals surface area contributed by atoms with Gasteiger partial charge >= 0.3 is 5.97 Å². The Bertz CT molecular complexity index is 2750. The number of carbonyl (C=O) groups is 3. The fraction of sp³-hybridized carbons (Fsp3) is 0.184. The summed E-state index contributed by atoms with van der Waals surface area (Å²) in [6.45, 7) is 1.86. The van der Waals surface area contributed by atoms with E-state index in [1.807, 2.05) is 60.7 Å². The largest absolute Gasteiger partial charge is 0.478 e. The van der Waals surface area contributed by atoms with Gasteiger partial charge in [-0.15, -0.1) is 0 Å². The Hall–Kier alpha value is -7.69. The molecule has 2 heterocycles. The molecule has 62 heavy (non-hydrogen) atoms. The van der Waals surface area contributed by atoms with Crippen molar-refractivity contribution in [1.82, 2.24) is 25.2 Å². The van der Waals surface area contributed by atoms with Gasteiger partial charge in [0.25, 0.3) is 11.8 Å². The minimum Gasteiger partial charge on any atom is -0.478 e. The van der Waals surface area contributed by atoms with Crippen molar-refractivity contribution < 1.29 is 33.4 Å². The fourth-order valence-corrected chi connectivity index (χ4v) is 6.89. The molecule has 12 nitrogen and oxygen atoms in total. The Morgan fingerprint density at radius 1 is 0.758 bits per heavy atom. The van der Waals surface area contributed by atoms with Gasteiger partial charge in [-0.3, -0.25) is 9.59 Å². The van der Waals surface area contributed by atoms with Gasteiger partial charge in [-0.1, -0.05) is 60.7 Å². The molecule has 0 aliphatic heterocycles. The van der Waals surface area contributed by atoms with Gasteiger partial charge < -0.3 is 29.8 Å². The predicted octanol–water partition coefficient (Wildman–Crippen LogP) is 7.57. The van der Waals surface area contributed by atoms with Crippen LogP contribution in [0.3, 0.4) is 0 Å². The number of pyridine rings is 1. The third kappa shape index (κ3) is 10.7. The molecular weight excluding hydrogens is 788 g/mol. The van der Waals surface area contributed by atoms with Crippen LogP contribution in [0.2, 0.25) is 0 Å². The first kappa shape index (κ1) is 42.4. The third-order valence-corrected chi connectivity index (χ3v) is 10.3. The summed E-state index contributed by atoms with van der Waals surface area (Å²) in [6, 6.07) is 39.0. The van der Waals surface area contributed by atoms with Gasteiger partial charge in [0.05, 0.1) is 40.5 Å². The lowest BCUT2D eigenvalue weighted by molar-refractivity contribution is 0.0696. The maximum absolute atomic E-state index is 14.4. The highest BCUT2D eigenvalue weighted by molar-refractivity contribution is 5.97. The minimum absolute atomic E-state index is 0.0246. The number of halogens is 1. The molecule has 2 amide bonds. The topological polar surface area (TPSA) is 168 Å². The van der Waals surface area contributed by atoms with Crippen LogP contribution >= 0.6 is 0 Å². The highest BCUT2D eigenvalue weighted by Crippen LogP contribution is 2.25. The first-order valence-electron chi connectivity index (χ1n) is 20.0. The molecule has 13 heteroatoms. The van der Waals surface area contributed by atoms with Crippen LogP contribution in [0.5, 0.6) is 5.88 Å². The Morgan fingerprint density at radius 2 is 1.40 bits per heavy atom. The maximum Gasteiger partial charge on any atom is 0.335 e. The Morgan fingerprint density at radius 3 is 2.05 bits per heavy atom. The summed E-state index contributed by atoms with van der Waals surface area (Å²) in [6.07, 6.45) is 1.69. The van der Waals surface area contributed by atoms with Gasteiger partial charge in [0.1, 0.15) is 18.2 Å². The van der Waals surface area contributed by atoms with Gasteiger partial charge in [0, 0.05) is 61.5 Å². The lowest BCUT2D eigenvalue weighted by Gasteiger charge is -2.10. The van der Waals surface area contributed by atoms with Gasteiger partial charge in [0.2, 0.25) is 5.88 Å². The van der Waals surface area contributed by atoms with Crippen molar-refractivity contribution in [2.75, 3.05) is 26.8 Å². The van der Waals surface area contributed by atoms with Gasteiger partial charge in [-0.25, -0.2) is 19.2 Å². The molecule has 5 aromatic carbocycles. The molecule has 0 fully saturated rings. The lowest BCUT2D eigenvalue weighted by atomic mass is 10.1. The second-order valence-electron chi connectivity index (χ2n) is 14.5. The minimum atomic E-state index is -0.977. The van der Waals surface area contributed by atoms with Crippen molar-refractivity contribution in [3.05, 3.63) is 184 Å². The van der Waals surface area contributed by atoms with Crippen LogP contribution in [0.25, 0.3) is 22.3 Å². The zero-order valence-electron chi connectivity index (χ0n) is 33.9. The van der Waals surface area contributed by atoms with E-state index < -0.39 is 11.8 Å². The van der Waals surface area contributed by atoms with E-state index in [4.69, 9.17) is 24.8 Å². The highest BCUT2D eigenvalue weighted by Gasteiger charge is 2.16. The van der Waals surface area contributed by atoms with Gasteiger partial charge in [-0.05, 0) is 90.2 Å². The number of aromatic nitrogens is 3. The number of fused-ring (bicyclic) bond motifs is 1. The van der Waals surface area contributed by atoms with Gasteiger partial charge in [0.15, 0.2) is 0 Å². The Kier molecular flexibility index (Phi) is 13.7. The van der Waals surface area contributed by atoms with Crippen LogP contribution < -0.4 is 15.4 Å². The normalized spacial score (nSPS) is 10.9. The van der Waals surface area contributed by atoms with Crippen molar-refractivity contribution in [3.8, 4) is 23.2 Å². The van der Waals surface area contributed by atoms with E-state index in [9.17, 15) is 18.8 Å². The number of amides is 2. The fourth-order valence-electron chi connectivity index (χ4n) is 6.89. The third-order valence-electron chi connectivity index (χ3n) is 10.3. The van der Waals surface area contributed by atoms with Crippen molar-refractivity contribution in [1.29, 1.82) is 5.26 Å². The summed E-state index contributed by atoms with van der Waals surface area (Å²) in [5.74, 6) is -0.719. The molecule has 0 radical (unpaired) electrons. The molecule has 0 aliphatic rings. The van der Waals surface area contributed by atoms with Crippen LogP contribution in [0, 0.1) is 17.1 Å². The van der Waals surface area contributed by atoms with Crippen LogP contribution in [0.1, 0.15) is 64.7 Å². The lowest BCUT2D eigenvalue weighted by Crippen LogP contribution is -2.26. The number of carbonyl (C=O) groups excluding carboxylic acids is 2.